The number of phenols is 1. The number of carbonyl (C=O) groups excluding carboxylic acids is 2. The summed E-state index contributed by atoms with van der Waals surface area (Å²) in [6.07, 6.45) is 5.25. The number of hydrogen-bond acceptors (Lipinski definition) is 10. The number of aliphatic hydroxyl groups excluding tert-OH is 2. The summed E-state index contributed by atoms with van der Waals surface area (Å²) >= 11 is 0. The Morgan fingerprint density at radius 1 is 0.811 bits per heavy atom. The molecule has 53 heavy (non-hydrogen) atoms. The number of nitrogens with one attached hydrogen (secondary N) is 1. The van der Waals surface area contributed by atoms with Crippen molar-refractivity contribution >= 4 is 27.7 Å². The van der Waals surface area contributed by atoms with Gasteiger partial charge in [0, 0.05) is 57.9 Å². The van der Waals surface area contributed by atoms with Gasteiger partial charge in [-0.25, -0.2) is 23.2 Å². The van der Waals surface area contributed by atoms with Crippen LogP contribution in [-0.4, -0.2) is 121 Å². The Bertz CT molecular complexity index is 1630. The number of rotatable bonds is 22. The van der Waals surface area contributed by atoms with Gasteiger partial charge in [-0.05, 0) is 61.4 Å². The average Bonchev–Trinajstić information content (AvgIpc) is 3.17. The SMILES string of the molecule is O=C(CCOC(=O)N(c1ccccc1-c1ccccc1)N1CC[CH]CC1)NCCCCCN(Cc1ccc(O)cc1)S(=O)(=O)CCN(CCO)CCO. The van der Waals surface area contributed by atoms with Gasteiger partial charge in [-0.3, -0.25) is 9.69 Å². The van der Waals surface area contributed by atoms with Crippen molar-refractivity contribution in [2.24, 2.45) is 0 Å². The smallest absolute Gasteiger partial charge is 0.429 e. The molecule has 0 unspecified atom stereocenters. The third kappa shape index (κ3) is 13.7. The summed E-state index contributed by atoms with van der Waals surface area (Å²) in [6, 6.07) is 24.0. The van der Waals surface area contributed by atoms with Crippen molar-refractivity contribution in [3.05, 3.63) is 90.8 Å². The summed E-state index contributed by atoms with van der Waals surface area (Å²) in [4.78, 5) is 27.9. The molecule has 0 aliphatic carbocycles. The average molecular weight is 753 g/mol. The summed E-state index contributed by atoms with van der Waals surface area (Å²) in [7, 11) is -3.69. The summed E-state index contributed by atoms with van der Waals surface area (Å²) in [5, 5.41) is 34.7. The maximum atomic E-state index is 13.6. The van der Waals surface area contributed by atoms with Crippen LogP contribution in [0.1, 0.15) is 44.1 Å². The van der Waals surface area contributed by atoms with Gasteiger partial charge in [-0.15, -0.1) is 0 Å². The number of phenolic OH excluding ortho intramolecular Hbond substituents is 1. The first-order valence-corrected chi connectivity index (χ1v) is 20.0. The lowest BCUT2D eigenvalue weighted by molar-refractivity contribution is -0.121. The van der Waals surface area contributed by atoms with Gasteiger partial charge in [0.15, 0.2) is 0 Å². The highest BCUT2D eigenvalue weighted by molar-refractivity contribution is 7.89. The number of benzene rings is 3. The zero-order chi connectivity index (χ0) is 37.9. The molecule has 2 amide bonds. The highest BCUT2D eigenvalue weighted by atomic mass is 32.2. The van der Waals surface area contributed by atoms with E-state index in [-0.39, 0.29) is 76.4 Å². The Morgan fingerprint density at radius 2 is 1.49 bits per heavy atom. The first-order chi connectivity index (χ1) is 25.7. The fourth-order valence-electron chi connectivity index (χ4n) is 6.13. The Balaban J connectivity index is 1.24. The molecule has 4 N–H and O–H groups in total. The molecule has 0 aromatic heterocycles. The Hall–Kier alpha value is -4.05. The Morgan fingerprint density at radius 3 is 2.19 bits per heavy atom. The second-order valence-corrected chi connectivity index (χ2v) is 15.0. The molecular formula is C39H54N5O8S. The van der Waals surface area contributed by atoms with E-state index in [2.05, 4.69) is 11.7 Å². The minimum atomic E-state index is -3.69. The molecule has 1 fully saturated rings. The monoisotopic (exact) mass is 752 g/mol. The summed E-state index contributed by atoms with van der Waals surface area (Å²) in [5.74, 6) is -0.317. The van der Waals surface area contributed by atoms with E-state index in [1.165, 1.54) is 16.4 Å². The van der Waals surface area contributed by atoms with E-state index in [0.717, 1.165) is 35.2 Å². The lowest BCUT2D eigenvalue weighted by Crippen LogP contribution is -2.50. The van der Waals surface area contributed by atoms with Crippen molar-refractivity contribution in [3.8, 4) is 16.9 Å². The minimum Gasteiger partial charge on any atom is -0.508 e. The molecule has 1 radical (unpaired) electrons. The highest BCUT2D eigenvalue weighted by Gasteiger charge is 2.29. The van der Waals surface area contributed by atoms with Gasteiger partial charge in [0.1, 0.15) is 12.4 Å². The van der Waals surface area contributed by atoms with Crippen LogP contribution < -0.4 is 10.3 Å². The second-order valence-electron chi connectivity index (χ2n) is 12.9. The number of sulfonamides is 1. The number of para-hydroxylation sites is 1. The van der Waals surface area contributed by atoms with Crippen molar-refractivity contribution in [2.75, 3.05) is 76.4 Å². The predicted octanol–water partition coefficient (Wildman–Crippen LogP) is 4.01. The number of carbonyl (C=O) groups is 2. The van der Waals surface area contributed by atoms with Crippen LogP contribution in [-0.2, 0) is 26.1 Å². The van der Waals surface area contributed by atoms with E-state index in [1.807, 2.05) is 59.6 Å². The number of aromatic hydroxyl groups is 1. The van der Waals surface area contributed by atoms with Crippen molar-refractivity contribution in [3.63, 3.8) is 0 Å². The summed E-state index contributed by atoms with van der Waals surface area (Å²) in [5.41, 5.74) is 3.34. The van der Waals surface area contributed by atoms with Crippen LogP contribution in [0.2, 0.25) is 0 Å². The number of amides is 2. The second kappa shape index (κ2) is 22.2. The lowest BCUT2D eigenvalue weighted by Gasteiger charge is -2.37. The molecule has 289 valence electrons. The fourth-order valence-corrected chi connectivity index (χ4v) is 7.63. The van der Waals surface area contributed by atoms with Gasteiger partial charge in [-0.1, -0.05) is 67.1 Å². The molecule has 13 nitrogen and oxygen atoms in total. The predicted molar refractivity (Wildman–Crippen MR) is 205 cm³/mol. The molecule has 1 aliphatic heterocycles. The van der Waals surface area contributed by atoms with Gasteiger partial charge in [0.05, 0.1) is 31.1 Å². The highest BCUT2D eigenvalue weighted by Crippen LogP contribution is 2.33. The van der Waals surface area contributed by atoms with E-state index in [4.69, 9.17) is 4.74 Å². The van der Waals surface area contributed by atoms with Gasteiger partial charge >= 0.3 is 6.09 Å². The number of aliphatic hydroxyl groups is 2. The van der Waals surface area contributed by atoms with Crippen LogP contribution in [0.25, 0.3) is 11.1 Å². The van der Waals surface area contributed by atoms with Gasteiger partial charge in [0.2, 0.25) is 15.9 Å². The van der Waals surface area contributed by atoms with Crippen molar-refractivity contribution in [1.29, 1.82) is 0 Å². The molecule has 1 heterocycles. The van der Waals surface area contributed by atoms with Crippen LogP contribution in [0.15, 0.2) is 78.9 Å². The molecule has 14 heteroatoms. The quantitative estimate of drug-likeness (QED) is 0.110. The molecular weight excluding hydrogens is 699 g/mol. The topological polar surface area (TPSA) is 163 Å². The normalized spacial score (nSPS) is 13.7. The van der Waals surface area contributed by atoms with Crippen LogP contribution >= 0.6 is 0 Å². The first-order valence-electron chi connectivity index (χ1n) is 18.4. The van der Waals surface area contributed by atoms with Crippen molar-refractivity contribution in [1.82, 2.24) is 19.5 Å². The van der Waals surface area contributed by atoms with Crippen molar-refractivity contribution in [2.45, 2.75) is 45.1 Å². The number of hydrogen-bond donors (Lipinski definition) is 4. The number of nitrogens with zero attached hydrogens (tertiary/aromatic N) is 4. The third-order valence-electron chi connectivity index (χ3n) is 9.00. The van der Waals surface area contributed by atoms with E-state index in [1.54, 1.807) is 22.0 Å². The van der Waals surface area contributed by atoms with Gasteiger partial charge in [0.25, 0.3) is 0 Å². The maximum absolute atomic E-state index is 13.6. The maximum Gasteiger partial charge on any atom is 0.429 e. The van der Waals surface area contributed by atoms with E-state index in [0.29, 0.717) is 38.9 Å². The Labute approximate surface area is 313 Å². The molecule has 0 spiro atoms. The van der Waals surface area contributed by atoms with Crippen LogP contribution in [0.4, 0.5) is 10.5 Å². The van der Waals surface area contributed by atoms with Crippen molar-refractivity contribution < 1.29 is 38.1 Å². The molecule has 3 aromatic carbocycles. The fraction of sp³-hybridized carbons (Fsp3) is 0.462. The number of hydrazine groups is 1. The van der Waals surface area contributed by atoms with Crippen LogP contribution in [0.3, 0.4) is 0 Å². The largest absolute Gasteiger partial charge is 0.508 e. The van der Waals surface area contributed by atoms with Crippen LogP contribution in [0, 0.1) is 6.42 Å². The van der Waals surface area contributed by atoms with E-state index in [9.17, 15) is 33.3 Å². The molecule has 3 aromatic rings. The zero-order valence-electron chi connectivity index (χ0n) is 30.4. The molecule has 0 atom stereocenters. The molecule has 0 bridgehead atoms. The third-order valence-corrected chi connectivity index (χ3v) is 10.8. The summed E-state index contributed by atoms with van der Waals surface area (Å²) in [6.45, 7) is 2.51. The molecule has 1 saturated heterocycles. The standard InChI is InChI=1S/C39H54N5O8S/c45-28-25-41(26-29-46)27-31-53(50,51)43(32-33-16-18-35(47)19-17-33)24-11-2-8-21-40-38(48)20-30-52-39(49)44(42-22-9-3-10-23-42)37-15-7-6-14-36(37)34-12-4-1-5-13-34/h1,3-7,12-19,45-47H,2,8-11,20-32H2,(H,40,48). The lowest BCUT2D eigenvalue weighted by atomic mass is 10.0. The zero-order valence-corrected chi connectivity index (χ0v) is 31.2. The number of anilines is 1. The molecule has 1 aliphatic rings. The minimum absolute atomic E-state index is 0.00984. The van der Waals surface area contributed by atoms with Gasteiger partial charge < -0.3 is 25.4 Å². The molecule has 4 rings (SSSR count). The molecule has 0 saturated carbocycles. The van der Waals surface area contributed by atoms with E-state index < -0.39 is 16.1 Å². The summed E-state index contributed by atoms with van der Waals surface area (Å²) < 4.78 is 33.9. The Kier molecular flexibility index (Phi) is 17.5. The van der Waals surface area contributed by atoms with E-state index >= 15 is 0 Å². The van der Waals surface area contributed by atoms with Crippen LogP contribution in [0.5, 0.6) is 5.75 Å². The first kappa shape index (κ1) is 41.7. The number of unbranched alkanes of at least 4 members (excludes halogenated alkanes) is 2. The number of ether oxygens (including phenoxy) is 1. The number of piperidine rings is 1. The van der Waals surface area contributed by atoms with Gasteiger partial charge in [-0.2, -0.15) is 4.31 Å².